The van der Waals surface area contributed by atoms with Crippen LogP contribution >= 0.6 is 0 Å². The summed E-state index contributed by atoms with van der Waals surface area (Å²) in [5, 5.41) is 11.9. The van der Waals surface area contributed by atoms with Crippen molar-refractivity contribution in [1.82, 2.24) is 9.97 Å². The first-order valence-corrected chi connectivity index (χ1v) is 4.46. The molecule has 0 bridgehead atoms. The minimum Gasteiger partial charge on any atom is -0.368 e. The van der Waals surface area contributed by atoms with Crippen LogP contribution in [0.5, 0.6) is 0 Å². The van der Waals surface area contributed by atoms with Gasteiger partial charge in [0.25, 0.3) is 0 Å². The molecule has 74 valence electrons. The van der Waals surface area contributed by atoms with Crippen LogP contribution in [0.3, 0.4) is 0 Å². The third-order valence-electron chi connectivity index (χ3n) is 1.92. The highest BCUT2D eigenvalue weighted by Gasteiger charge is 2.07. The van der Waals surface area contributed by atoms with Crippen molar-refractivity contribution in [2.75, 3.05) is 11.1 Å². The van der Waals surface area contributed by atoms with E-state index in [9.17, 15) is 0 Å². The molecule has 1 aromatic heterocycles. The van der Waals surface area contributed by atoms with Gasteiger partial charge < -0.3 is 11.1 Å². The van der Waals surface area contributed by atoms with E-state index in [-0.39, 0.29) is 12.0 Å². The number of nitrogen functional groups attached to an aromatic ring is 1. The molecule has 5 heteroatoms. The lowest BCUT2D eigenvalue weighted by Crippen LogP contribution is -2.16. The van der Waals surface area contributed by atoms with Crippen molar-refractivity contribution >= 4 is 11.8 Å². The maximum absolute atomic E-state index is 8.78. The number of aromatic nitrogens is 2. The van der Waals surface area contributed by atoms with Gasteiger partial charge in [0.15, 0.2) is 0 Å². The van der Waals surface area contributed by atoms with Crippen LogP contribution in [0, 0.1) is 11.3 Å². The van der Waals surface area contributed by atoms with Crippen LogP contribution in [-0.2, 0) is 0 Å². The van der Waals surface area contributed by atoms with E-state index in [1.165, 1.54) is 6.20 Å². The van der Waals surface area contributed by atoms with Crippen molar-refractivity contribution in [1.29, 1.82) is 5.26 Å². The number of anilines is 2. The molecule has 0 saturated carbocycles. The van der Waals surface area contributed by atoms with Gasteiger partial charge in [0.2, 0.25) is 5.95 Å². The van der Waals surface area contributed by atoms with E-state index in [0.717, 1.165) is 6.42 Å². The van der Waals surface area contributed by atoms with E-state index in [1.54, 1.807) is 0 Å². The second kappa shape index (κ2) is 4.42. The molecule has 3 N–H and O–H groups in total. The zero-order chi connectivity index (χ0) is 10.6. The molecule has 1 atom stereocenters. The van der Waals surface area contributed by atoms with Gasteiger partial charge in [-0.2, -0.15) is 10.2 Å². The molecule has 0 fully saturated rings. The maximum Gasteiger partial charge on any atom is 0.222 e. The maximum atomic E-state index is 8.78. The summed E-state index contributed by atoms with van der Waals surface area (Å²) in [4.78, 5) is 7.71. The Kier molecular flexibility index (Phi) is 3.24. The third kappa shape index (κ3) is 2.33. The van der Waals surface area contributed by atoms with Gasteiger partial charge in [0.1, 0.15) is 17.5 Å². The fourth-order valence-corrected chi connectivity index (χ4v) is 0.923. The van der Waals surface area contributed by atoms with E-state index in [0.29, 0.717) is 11.4 Å². The first kappa shape index (κ1) is 10.3. The monoisotopic (exact) mass is 191 g/mol. The van der Waals surface area contributed by atoms with E-state index in [2.05, 4.69) is 15.3 Å². The smallest absolute Gasteiger partial charge is 0.222 e. The van der Waals surface area contributed by atoms with E-state index in [4.69, 9.17) is 11.0 Å². The van der Waals surface area contributed by atoms with Crippen LogP contribution in [-0.4, -0.2) is 16.0 Å². The first-order chi connectivity index (χ1) is 6.67. The first-order valence-electron chi connectivity index (χ1n) is 4.46. The Bertz CT molecular complexity index is 355. The lowest BCUT2D eigenvalue weighted by atomic mass is 10.2. The van der Waals surface area contributed by atoms with Crippen LogP contribution < -0.4 is 11.1 Å². The zero-order valence-corrected chi connectivity index (χ0v) is 8.28. The molecule has 0 radical (unpaired) electrons. The van der Waals surface area contributed by atoms with Gasteiger partial charge >= 0.3 is 0 Å². The van der Waals surface area contributed by atoms with Crippen molar-refractivity contribution < 1.29 is 0 Å². The summed E-state index contributed by atoms with van der Waals surface area (Å²) in [5.74, 6) is 0.684. The Balaban J connectivity index is 2.94. The number of hydrogen-bond donors (Lipinski definition) is 2. The number of nitrogens with one attached hydrogen (secondary N) is 1. The lowest BCUT2D eigenvalue weighted by molar-refractivity contribution is 0.758. The second-order valence-corrected chi connectivity index (χ2v) is 3.06. The van der Waals surface area contributed by atoms with Gasteiger partial charge in [-0.25, -0.2) is 4.98 Å². The molecular weight excluding hydrogens is 178 g/mol. The molecule has 0 amide bonds. The quantitative estimate of drug-likeness (QED) is 0.748. The molecule has 0 aliphatic heterocycles. The minimum absolute atomic E-state index is 0.176. The topological polar surface area (TPSA) is 87.6 Å². The molecule has 0 saturated heterocycles. The zero-order valence-electron chi connectivity index (χ0n) is 8.28. The molecule has 1 aromatic rings. The van der Waals surface area contributed by atoms with Crippen molar-refractivity contribution in [2.24, 2.45) is 0 Å². The molecule has 0 unspecified atom stereocenters. The summed E-state index contributed by atoms with van der Waals surface area (Å²) in [5.41, 5.74) is 5.84. The van der Waals surface area contributed by atoms with Crippen LogP contribution in [0.25, 0.3) is 0 Å². The number of nitrogens with two attached hydrogens (primary N) is 1. The predicted molar refractivity (Wildman–Crippen MR) is 54.5 cm³/mol. The van der Waals surface area contributed by atoms with E-state index >= 15 is 0 Å². The van der Waals surface area contributed by atoms with E-state index in [1.807, 2.05) is 19.9 Å². The van der Waals surface area contributed by atoms with Gasteiger partial charge in [0.05, 0.1) is 6.20 Å². The summed E-state index contributed by atoms with van der Waals surface area (Å²) in [6.07, 6.45) is 2.38. The van der Waals surface area contributed by atoms with Gasteiger partial charge in [0, 0.05) is 6.04 Å². The van der Waals surface area contributed by atoms with Gasteiger partial charge in [-0.05, 0) is 13.3 Å². The summed E-state index contributed by atoms with van der Waals surface area (Å²) in [6, 6.07) is 2.27. The fourth-order valence-electron chi connectivity index (χ4n) is 0.923. The van der Waals surface area contributed by atoms with Gasteiger partial charge in [-0.3, -0.25) is 0 Å². The standard InChI is InChI=1S/C9H13N5/c1-3-6(2)13-8-7(4-10)5-12-9(11)14-8/h5-6H,3H2,1-2H3,(H3,11,12,13,14)/t6-/m0/s1. The Morgan fingerprint density at radius 1 is 1.71 bits per heavy atom. The van der Waals surface area contributed by atoms with Crippen molar-refractivity contribution in [3.63, 3.8) is 0 Å². The highest BCUT2D eigenvalue weighted by Crippen LogP contribution is 2.12. The molecule has 14 heavy (non-hydrogen) atoms. The molecule has 5 nitrogen and oxygen atoms in total. The molecule has 0 aromatic carbocycles. The van der Waals surface area contributed by atoms with Crippen molar-refractivity contribution in [3.05, 3.63) is 11.8 Å². The Morgan fingerprint density at radius 3 is 3.00 bits per heavy atom. The summed E-state index contributed by atoms with van der Waals surface area (Å²) >= 11 is 0. The van der Waals surface area contributed by atoms with Crippen LogP contribution in [0.4, 0.5) is 11.8 Å². The molecule has 0 aliphatic rings. The lowest BCUT2D eigenvalue weighted by Gasteiger charge is -2.12. The largest absolute Gasteiger partial charge is 0.368 e. The number of rotatable bonds is 3. The Hall–Kier alpha value is -1.83. The average Bonchev–Trinajstić information content (AvgIpc) is 2.18. The van der Waals surface area contributed by atoms with Crippen LogP contribution in [0.15, 0.2) is 6.20 Å². The highest BCUT2D eigenvalue weighted by molar-refractivity contribution is 5.52. The van der Waals surface area contributed by atoms with Crippen molar-refractivity contribution in [2.45, 2.75) is 26.3 Å². The molecule has 0 spiro atoms. The van der Waals surface area contributed by atoms with Crippen LogP contribution in [0.2, 0.25) is 0 Å². The summed E-state index contributed by atoms with van der Waals surface area (Å²) in [6.45, 7) is 4.06. The Labute approximate surface area is 83.0 Å². The third-order valence-corrected chi connectivity index (χ3v) is 1.92. The SMILES string of the molecule is CC[C@H](C)Nc1nc(N)ncc1C#N. The average molecular weight is 191 g/mol. The van der Waals surface area contributed by atoms with Crippen molar-refractivity contribution in [3.8, 4) is 6.07 Å². The predicted octanol–water partition coefficient (Wildman–Crippen LogP) is 1.14. The number of hydrogen-bond acceptors (Lipinski definition) is 5. The molecule has 1 rings (SSSR count). The highest BCUT2D eigenvalue weighted by atomic mass is 15.1. The molecule has 0 aliphatic carbocycles. The van der Waals surface area contributed by atoms with Crippen LogP contribution in [0.1, 0.15) is 25.8 Å². The Morgan fingerprint density at radius 2 is 2.43 bits per heavy atom. The number of nitriles is 1. The van der Waals surface area contributed by atoms with E-state index < -0.39 is 0 Å². The molecular formula is C9H13N5. The number of nitrogens with zero attached hydrogens (tertiary/aromatic N) is 3. The summed E-state index contributed by atoms with van der Waals surface area (Å²) in [7, 11) is 0. The minimum atomic E-state index is 0.176. The fraction of sp³-hybridized carbons (Fsp3) is 0.444. The summed E-state index contributed by atoms with van der Waals surface area (Å²) < 4.78 is 0. The van der Waals surface area contributed by atoms with Gasteiger partial charge in [-0.1, -0.05) is 6.92 Å². The second-order valence-electron chi connectivity index (χ2n) is 3.06. The normalized spacial score (nSPS) is 11.8. The molecule has 1 heterocycles. The van der Waals surface area contributed by atoms with Gasteiger partial charge in [-0.15, -0.1) is 0 Å².